The fourth-order valence-electron chi connectivity index (χ4n) is 2.63. The summed E-state index contributed by atoms with van der Waals surface area (Å²) in [6, 6.07) is 11.4. The first-order valence-corrected chi connectivity index (χ1v) is 6.69. The minimum atomic E-state index is 0.140. The Morgan fingerprint density at radius 2 is 1.89 bits per heavy atom. The van der Waals surface area contributed by atoms with E-state index in [9.17, 15) is 0 Å². The lowest BCUT2D eigenvalue weighted by Gasteiger charge is -2.30. The molecule has 5 nitrogen and oxygen atoms in total. The quantitative estimate of drug-likeness (QED) is 0.913. The van der Waals surface area contributed by atoms with E-state index in [-0.39, 0.29) is 6.01 Å². The molecule has 2 N–H and O–H groups in total. The van der Waals surface area contributed by atoms with E-state index in [1.165, 1.54) is 5.56 Å². The molecule has 2 aromatic rings. The van der Waals surface area contributed by atoms with E-state index in [0.717, 1.165) is 38.3 Å². The summed E-state index contributed by atoms with van der Waals surface area (Å²) < 4.78 is 5.26. The molecule has 1 fully saturated rings. The number of piperidine rings is 1. The van der Waals surface area contributed by atoms with E-state index in [0.29, 0.717) is 6.01 Å². The van der Waals surface area contributed by atoms with Crippen molar-refractivity contribution in [1.82, 2.24) is 10.2 Å². The number of rotatable bonds is 3. The summed E-state index contributed by atoms with van der Waals surface area (Å²) in [5.74, 6) is 0.735. The molecule has 3 rings (SSSR count). The molecule has 0 bridgehead atoms. The zero-order valence-corrected chi connectivity index (χ0v) is 10.8. The van der Waals surface area contributed by atoms with Gasteiger partial charge in [0.2, 0.25) is 0 Å². The van der Waals surface area contributed by atoms with Crippen molar-refractivity contribution in [2.24, 2.45) is 5.92 Å². The third-order valence-corrected chi connectivity index (χ3v) is 3.68. The smallest absolute Gasteiger partial charge is 0.319 e. The van der Waals surface area contributed by atoms with Gasteiger partial charge in [0, 0.05) is 13.1 Å². The van der Waals surface area contributed by atoms with Crippen molar-refractivity contribution in [2.45, 2.75) is 19.3 Å². The summed E-state index contributed by atoms with van der Waals surface area (Å²) in [7, 11) is 0. The van der Waals surface area contributed by atoms with E-state index in [4.69, 9.17) is 10.2 Å². The molecule has 0 spiro atoms. The normalized spacial score (nSPS) is 16.7. The van der Waals surface area contributed by atoms with Gasteiger partial charge in [0.25, 0.3) is 0 Å². The van der Waals surface area contributed by atoms with Crippen LogP contribution in [0, 0.1) is 5.92 Å². The van der Waals surface area contributed by atoms with E-state index in [2.05, 4.69) is 45.4 Å². The molecule has 0 saturated carbocycles. The minimum absolute atomic E-state index is 0.140. The summed E-state index contributed by atoms with van der Waals surface area (Å²) in [5.41, 5.74) is 6.87. The Morgan fingerprint density at radius 1 is 1.16 bits per heavy atom. The summed E-state index contributed by atoms with van der Waals surface area (Å²) in [4.78, 5) is 2.12. The second-order valence-corrected chi connectivity index (χ2v) is 5.04. The predicted molar refractivity (Wildman–Crippen MR) is 73.8 cm³/mol. The molecule has 100 valence electrons. The maximum absolute atomic E-state index is 5.45. The molecule has 2 heterocycles. The first-order chi connectivity index (χ1) is 9.31. The Hall–Kier alpha value is -2.04. The standard InChI is InChI=1S/C14H18N4O/c15-13-16-17-14(19-13)18-8-6-12(7-9-18)10-11-4-2-1-3-5-11/h1-5,12H,6-10H2,(H2,15,16). The monoisotopic (exact) mass is 258 g/mol. The number of aromatic nitrogens is 2. The largest absolute Gasteiger partial charge is 0.390 e. The van der Waals surface area contributed by atoms with Crippen LogP contribution in [0.4, 0.5) is 12.0 Å². The first-order valence-electron chi connectivity index (χ1n) is 6.69. The number of hydrogen-bond donors (Lipinski definition) is 1. The highest BCUT2D eigenvalue weighted by atomic mass is 16.4. The molecular weight excluding hydrogens is 240 g/mol. The van der Waals surface area contributed by atoms with Crippen LogP contribution >= 0.6 is 0 Å². The highest BCUT2D eigenvalue weighted by Crippen LogP contribution is 2.25. The second-order valence-electron chi connectivity index (χ2n) is 5.04. The Balaban J connectivity index is 1.55. The molecule has 0 amide bonds. The van der Waals surface area contributed by atoms with Crippen LogP contribution in [0.1, 0.15) is 18.4 Å². The fourth-order valence-corrected chi connectivity index (χ4v) is 2.63. The molecule has 0 atom stereocenters. The lowest BCUT2D eigenvalue weighted by atomic mass is 9.90. The molecule has 0 aliphatic carbocycles. The first kappa shape index (κ1) is 12.0. The van der Waals surface area contributed by atoms with Gasteiger partial charge in [-0.1, -0.05) is 40.5 Å². The molecule has 1 aliphatic rings. The second kappa shape index (κ2) is 5.30. The van der Waals surface area contributed by atoms with E-state index in [1.54, 1.807) is 0 Å². The van der Waals surface area contributed by atoms with Gasteiger partial charge in [-0.3, -0.25) is 0 Å². The number of benzene rings is 1. The van der Waals surface area contributed by atoms with Crippen molar-refractivity contribution < 1.29 is 4.42 Å². The zero-order valence-electron chi connectivity index (χ0n) is 10.8. The number of anilines is 2. The van der Waals surface area contributed by atoms with E-state index >= 15 is 0 Å². The molecule has 1 aliphatic heterocycles. The molecule has 0 radical (unpaired) electrons. The average Bonchev–Trinajstić information content (AvgIpc) is 2.87. The average molecular weight is 258 g/mol. The molecule has 1 saturated heterocycles. The lowest BCUT2D eigenvalue weighted by Crippen LogP contribution is -2.34. The van der Waals surface area contributed by atoms with Crippen molar-refractivity contribution in [3.63, 3.8) is 0 Å². The summed E-state index contributed by atoms with van der Waals surface area (Å²) >= 11 is 0. The maximum atomic E-state index is 5.45. The van der Waals surface area contributed by atoms with Crippen LogP contribution in [0.2, 0.25) is 0 Å². The Bertz CT molecular complexity index is 517. The number of hydrogen-bond acceptors (Lipinski definition) is 5. The lowest BCUT2D eigenvalue weighted by molar-refractivity contribution is 0.387. The van der Waals surface area contributed by atoms with Gasteiger partial charge < -0.3 is 15.1 Å². The van der Waals surface area contributed by atoms with Crippen molar-refractivity contribution in [1.29, 1.82) is 0 Å². The van der Waals surface area contributed by atoms with Crippen molar-refractivity contribution >= 4 is 12.0 Å². The number of nitrogen functional groups attached to an aromatic ring is 1. The molecule has 19 heavy (non-hydrogen) atoms. The molecule has 1 aromatic heterocycles. The molecule has 1 aromatic carbocycles. The highest BCUT2D eigenvalue weighted by Gasteiger charge is 2.22. The van der Waals surface area contributed by atoms with Gasteiger partial charge in [0.1, 0.15) is 0 Å². The third-order valence-electron chi connectivity index (χ3n) is 3.68. The van der Waals surface area contributed by atoms with Gasteiger partial charge in [-0.05, 0) is 30.7 Å². The van der Waals surface area contributed by atoms with Gasteiger partial charge in [0.15, 0.2) is 0 Å². The topological polar surface area (TPSA) is 68.2 Å². The van der Waals surface area contributed by atoms with Gasteiger partial charge in [-0.15, -0.1) is 0 Å². The van der Waals surface area contributed by atoms with Crippen LogP contribution in [0.3, 0.4) is 0 Å². The minimum Gasteiger partial charge on any atom is -0.390 e. The predicted octanol–water partition coefficient (Wildman–Crippen LogP) is 2.11. The van der Waals surface area contributed by atoms with E-state index < -0.39 is 0 Å². The summed E-state index contributed by atoms with van der Waals surface area (Å²) in [6.07, 6.45) is 3.45. The Kier molecular flexibility index (Phi) is 3.35. The zero-order chi connectivity index (χ0) is 13.1. The molecule has 0 unspecified atom stereocenters. The van der Waals surface area contributed by atoms with Crippen LogP contribution in [0.5, 0.6) is 0 Å². The van der Waals surface area contributed by atoms with Crippen LogP contribution < -0.4 is 10.6 Å². The van der Waals surface area contributed by atoms with Gasteiger partial charge in [0.05, 0.1) is 0 Å². The van der Waals surface area contributed by atoms with Crippen LogP contribution in [0.25, 0.3) is 0 Å². The van der Waals surface area contributed by atoms with Crippen LogP contribution in [0.15, 0.2) is 34.7 Å². The third kappa shape index (κ3) is 2.86. The molecule has 5 heteroatoms. The van der Waals surface area contributed by atoms with Crippen molar-refractivity contribution in [3.8, 4) is 0 Å². The SMILES string of the molecule is Nc1nnc(N2CCC(Cc3ccccc3)CC2)o1. The van der Waals surface area contributed by atoms with Gasteiger partial charge in [-0.25, -0.2) is 0 Å². The van der Waals surface area contributed by atoms with Gasteiger partial charge >= 0.3 is 12.0 Å². The maximum Gasteiger partial charge on any atom is 0.319 e. The Morgan fingerprint density at radius 3 is 2.53 bits per heavy atom. The van der Waals surface area contributed by atoms with Crippen molar-refractivity contribution in [3.05, 3.63) is 35.9 Å². The number of nitrogens with zero attached hydrogens (tertiary/aromatic N) is 3. The summed E-state index contributed by atoms with van der Waals surface area (Å²) in [6.45, 7) is 1.91. The Labute approximate surface area is 112 Å². The highest BCUT2D eigenvalue weighted by molar-refractivity contribution is 5.28. The fraction of sp³-hybridized carbons (Fsp3) is 0.429. The van der Waals surface area contributed by atoms with Crippen molar-refractivity contribution in [2.75, 3.05) is 23.7 Å². The van der Waals surface area contributed by atoms with Crippen LogP contribution in [-0.4, -0.2) is 23.3 Å². The van der Waals surface area contributed by atoms with Crippen LogP contribution in [-0.2, 0) is 6.42 Å². The van der Waals surface area contributed by atoms with E-state index in [1.807, 2.05) is 0 Å². The summed E-state index contributed by atoms with van der Waals surface area (Å²) in [5, 5.41) is 7.63. The van der Waals surface area contributed by atoms with Gasteiger partial charge in [-0.2, -0.15) is 0 Å². The number of nitrogens with two attached hydrogens (primary N) is 1. The molecular formula is C14H18N4O.